The molecule has 0 radical (unpaired) electrons. The molecule has 1 aliphatic heterocycles. The molecule has 4 rings (SSSR count). The SMILES string of the molecule is O=C(O)C1=C(F)C=C(O[C@H]2CCCN(Cc3ccc(F)cc3Cl)C2)C(C2CC2)C1. The fourth-order valence-electron chi connectivity index (χ4n) is 4.28. The normalized spacial score (nSPS) is 25.7. The van der Waals surface area contributed by atoms with Crippen molar-refractivity contribution in [2.75, 3.05) is 13.1 Å². The van der Waals surface area contributed by atoms with E-state index in [0.717, 1.165) is 37.8 Å². The minimum absolute atomic E-state index is 0.0532. The molecule has 29 heavy (non-hydrogen) atoms. The number of rotatable bonds is 6. The minimum atomic E-state index is -1.19. The van der Waals surface area contributed by atoms with Gasteiger partial charge in [-0.1, -0.05) is 17.7 Å². The second kappa shape index (κ2) is 8.44. The molecule has 1 saturated carbocycles. The molecule has 1 unspecified atom stereocenters. The van der Waals surface area contributed by atoms with E-state index in [1.54, 1.807) is 6.07 Å². The predicted molar refractivity (Wildman–Crippen MR) is 105 cm³/mol. The van der Waals surface area contributed by atoms with Crippen molar-refractivity contribution >= 4 is 17.6 Å². The van der Waals surface area contributed by atoms with Crippen LogP contribution < -0.4 is 0 Å². The number of hydrogen-bond acceptors (Lipinski definition) is 3. The number of carbonyl (C=O) groups is 1. The summed E-state index contributed by atoms with van der Waals surface area (Å²) in [7, 11) is 0. The maximum Gasteiger partial charge on any atom is 0.334 e. The van der Waals surface area contributed by atoms with E-state index in [1.807, 2.05) is 0 Å². The van der Waals surface area contributed by atoms with Gasteiger partial charge in [-0.15, -0.1) is 0 Å². The molecule has 1 heterocycles. The molecule has 2 atom stereocenters. The molecule has 2 fully saturated rings. The number of nitrogens with zero attached hydrogens (tertiary/aromatic N) is 1. The van der Waals surface area contributed by atoms with Gasteiger partial charge >= 0.3 is 5.97 Å². The molecule has 0 spiro atoms. The summed E-state index contributed by atoms with van der Waals surface area (Å²) >= 11 is 6.16. The Morgan fingerprint density at radius 2 is 2.07 bits per heavy atom. The summed E-state index contributed by atoms with van der Waals surface area (Å²) in [5.41, 5.74) is 0.715. The van der Waals surface area contributed by atoms with Gasteiger partial charge in [0, 0.05) is 30.1 Å². The van der Waals surface area contributed by atoms with Crippen LogP contribution in [0.25, 0.3) is 0 Å². The third kappa shape index (κ3) is 4.81. The Morgan fingerprint density at radius 3 is 2.76 bits per heavy atom. The molecule has 0 amide bonds. The number of hydrogen-bond donors (Lipinski definition) is 1. The largest absolute Gasteiger partial charge is 0.493 e. The van der Waals surface area contributed by atoms with Gasteiger partial charge in [-0.3, -0.25) is 4.90 Å². The number of allylic oxidation sites excluding steroid dienone is 3. The van der Waals surface area contributed by atoms with Gasteiger partial charge in [-0.05, 0) is 62.3 Å². The van der Waals surface area contributed by atoms with Crippen LogP contribution in [-0.4, -0.2) is 35.2 Å². The Labute approximate surface area is 173 Å². The Kier molecular flexibility index (Phi) is 5.93. The lowest BCUT2D eigenvalue weighted by molar-refractivity contribution is -0.133. The van der Waals surface area contributed by atoms with Crippen molar-refractivity contribution in [3.05, 3.63) is 57.8 Å². The van der Waals surface area contributed by atoms with Gasteiger partial charge in [-0.2, -0.15) is 0 Å². The number of likely N-dealkylation sites (tertiary alicyclic amines) is 1. The van der Waals surface area contributed by atoms with Crippen molar-refractivity contribution in [3.63, 3.8) is 0 Å². The molecule has 0 bridgehead atoms. The summed E-state index contributed by atoms with van der Waals surface area (Å²) in [6, 6.07) is 4.42. The standard InChI is InChI=1S/C22H24ClF2NO3/c23-19-8-15(24)6-5-14(19)11-26-7-1-2-16(12-26)29-21-10-20(25)18(22(27)28)9-17(21)13-3-4-13/h5-6,8,10,13,16-17H,1-4,7,9,11-12H2,(H,27,28)/t16-,17?/m0/s1. The van der Waals surface area contributed by atoms with Gasteiger partial charge in [0.25, 0.3) is 0 Å². The highest BCUT2D eigenvalue weighted by Gasteiger charge is 2.40. The van der Waals surface area contributed by atoms with Crippen molar-refractivity contribution in [2.24, 2.45) is 11.8 Å². The minimum Gasteiger partial charge on any atom is -0.493 e. The molecular weight excluding hydrogens is 400 g/mol. The van der Waals surface area contributed by atoms with E-state index >= 15 is 0 Å². The lowest BCUT2D eigenvalue weighted by Gasteiger charge is -2.35. The van der Waals surface area contributed by atoms with E-state index in [-0.39, 0.29) is 29.8 Å². The van der Waals surface area contributed by atoms with Gasteiger partial charge in [0.1, 0.15) is 23.5 Å². The number of piperidine rings is 1. The van der Waals surface area contributed by atoms with E-state index in [1.165, 1.54) is 18.2 Å². The van der Waals surface area contributed by atoms with Crippen molar-refractivity contribution in [3.8, 4) is 0 Å². The van der Waals surface area contributed by atoms with E-state index in [9.17, 15) is 18.7 Å². The number of carboxylic acid groups (broad SMARTS) is 1. The van der Waals surface area contributed by atoms with Gasteiger partial charge in [0.15, 0.2) is 0 Å². The fourth-order valence-corrected chi connectivity index (χ4v) is 4.51. The zero-order valence-electron chi connectivity index (χ0n) is 16.0. The van der Waals surface area contributed by atoms with Crippen LogP contribution in [0.5, 0.6) is 0 Å². The molecule has 1 saturated heterocycles. The molecule has 4 nitrogen and oxygen atoms in total. The molecule has 1 aromatic rings. The number of halogens is 3. The van der Waals surface area contributed by atoms with Crippen LogP contribution in [0.3, 0.4) is 0 Å². The van der Waals surface area contributed by atoms with Crippen molar-refractivity contribution in [1.29, 1.82) is 0 Å². The van der Waals surface area contributed by atoms with E-state index in [0.29, 0.717) is 29.8 Å². The highest BCUT2D eigenvalue weighted by Crippen LogP contribution is 2.47. The van der Waals surface area contributed by atoms with E-state index in [4.69, 9.17) is 16.3 Å². The number of benzene rings is 1. The summed E-state index contributed by atoms with van der Waals surface area (Å²) in [5, 5.41) is 9.65. The number of ether oxygens (including phenoxy) is 1. The predicted octanol–water partition coefficient (Wildman–Crippen LogP) is 5.08. The highest BCUT2D eigenvalue weighted by atomic mass is 35.5. The summed E-state index contributed by atoms with van der Waals surface area (Å²) in [6.45, 7) is 2.15. The van der Waals surface area contributed by atoms with E-state index in [2.05, 4.69) is 4.90 Å². The molecule has 0 aromatic heterocycles. The first-order valence-electron chi connectivity index (χ1n) is 10.1. The molecule has 2 aliphatic carbocycles. The smallest absolute Gasteiger partial charge is 0.334 e. The second-order valence-corrected chi connectivity index (χ2v) is 8.59. The molecular formula is C22H24ClF2NO3. The summed E-state index contributed by atoms with van der Waals surface area (Å²) in [6.07, 6.45) is 5.24. The maximum atomic E-state index is 14.3. The quantitative estimate of drug-likeness (QED) is 0.693. The van der Waals surface area contributed by atoms with Crippen LogP contribution in [-0.2, 0) is 16.1 Å². The first kappa shape index (κ1) is 20.4. The van der Waals surface area contributed by atoms with Gasteiger partial charge < -0.3 is 9.84 Å². The zero-order valence-corrected chi connectivity index (χ0v) is 16.8. The van der Waals surface area contributed by atoms with Crippen LogP contribution >= 0.6 is 11.6 Å². The Bertz CT molecular complexity index is 866. The van der Waals surface area contributed by atoms with Crippen molar-refractivity contribution < 1.29 is 23.4 Å². The summed E-state index contributed by atoms with van der Waals surface area (Å²) in [5.74, 6) is -1.34. The lowest BCUT2D eigenvalue weighted by atomic mass is 9.88. The average molecular weight is 424 g/mol. The van der Waals surface area contributed by atoms with E-state index < -0.39 is 11.8 Å². The third-order valence-corrected chi connectivity index (χ3v) is 6.32. The average Bonchev–Trinajstić information content (AvgIpc) is 3.49. The Morgan fingerprint density at radius 1 is 1.28 bits per heavy atom. The zero-order chi connectivity index (χ0) is 20.5. The van der Waals surface area contributed by atoms with Crippen molar-refractivity contribution in [2.45, 2.75) is 44.8 Å². The van der Waals surface area contributed by atoms with Crippen LogP contribution in [0, 0.1) is 17.7 Å². The number of carboxylic acids is 1. The first-order valence-corrected chi connectivity index (χ1v) is 10.4. The maximum absolute atomic E-state index is 14.3. The monoisotopic (exact) mass is 423 g/mol. The second-order valence-electron chi connectivity index (χ2n) is 8.18. The molecule has 156 valence electrons. The third-order valence-electron chi connectivity index (χ3n) is 5.97. The molecule has 3 aliphatic rings. The Hall–Kier alpha value is -1.92. The van der Waals surface area contributed by atoms with Gasteiger partial charge in [0.2, 0.25) is 0 Å². The topological polar surface area (TPSA) is 49.8 Å². The first-order chi connectivity index (χ1) is 13.9. The highest BCUT2D eigenvalue weighted by molar-refractivity contribution is 6.31. The van der Waals surface area contributed by atoms with Crippen LogP contribution in [0.2, 0.25) is 5.02 Å². The lowest BCUT2D eigenvalue weighted by Crippen LogP contribution is -2.39. The molecule has 1 N–H and O–H groups in total. The van der Waals surface area contributed by atoms with Crippen LogP contribution in [0.1, 0.15) is 37.7 Å². The van der Waals surface area contributed by atoms with Gasteiger partial charge in [0.05, 0.1) is 5.57 Å². The summed E-state index contributed by atoms with van der Waals surface area (Å²) in [4.78, 5) is 13.5. The van der Waals surface area contributed by atoms with Crippen molar-refractivity contribution in [1.82, 2.24) is 4.90 Å². The fraction of sp³-hybridized carbons (Fsp3) is 0.500. The Balaban J connectivity index is 1.44. The molecule has 1 aromatic carbocycles. The van der Waals surface area contributed by atoms with Crippen LogP contribution in [0.15, 0.2) is 41.4 Å². The molecule has 7 heteroatoms. The van der Waals surface area contributed by atoms with Crippen LogP contribution in [0.4, 0.5) is 8.78 Å². The number of aliphatic carboxylic acids is 1. The van der Waals surface area contributed by atoms with Gasteiger partial charge in [-0.25, -0.2) is 13.6 Å². The summed E-state index contributed by atoms with van der Waals surface area (Å²) < 4.78 is 33.8.